The number of carbonyl (C=O) groups excluding carboxylic acids is 2. The standard InChI is InChI=1S/C18H27N3O3/c1-11-8-14(18(3,4)5)15(22)12(2)13(11)9-21-10-19(6)16(23)20(7)17(21)24/h8,22H,9-10H2,1-7H3. The maximum atomic E-state index is 12.4. The number of rotatable bonds is 2. The highest BCUT2D eigenvalue weighted by Crippen LogP contribution is 2.37. The van der Waals surface area contributed by atoms with Crippen LogP contribution in [0.4, 0.5) is 9.59 Å². The molecule has 0 bridgehead atoms. The Morgan fingerprint density at radius 1 is 1.12 bits per heavy atom. The average molecular weight is 333 g/mol. The highest BCUT2D eigenvalue weighted by Gasteiger charge is 2.33. The SMILES string of the molecule is Cc1cc(C(C)(C)C)c(O)c(C)c1CN1CN(C)C(=O)N(C)C1=O. The van der Waals surface area contributed by atoms with Gasteiger partial charge in [0.2, 0.25) is 0 Å². The fourth-order valence-electron chi connectivity index (χ4n) is 3.06. The second-order valence-corrected chi connectivity index (χ2v) is 7.60. The summed E-state index contributed by atoms with van der Waals surface area (Å²) < 4.78 is 0. The van der Waals surface area contributed by atoms with Crippen molar-refractivity contribution >= 4 is 12.1 Å². The lowest BCUT2D eigenvalue weighted by Crippen LogP contribution is -2.57. The number of aryl methyl sites for hydroxylation is 1. The van der Waals surface area contributed by atoms with Crippen LogP contribution in [0.1, 0.15) is 43.0 Å². The first-order valence-corrected chi connectivity index (χ1v) is 8.05. The number of phenols is 1. The lowest BCUT2D eigenvalue weighted by atomic mass is 9.82. The number of urea groups is 2. The maximum absolute atomic E-state index is 12.4. The number of phenolic OH excluding ortho intramolecular Hbond substituents is 1. The number of amides is 4. The molecule has 0 radical (unpaired) electrons. The number of nitrogens with zero attached hydrogens (tertiary/aromatic N) is 3. The van der Waals surface area contributed by atoms with Gasteiger partial charge in [-0.25, -0.2) is 14.5 Å². The van der Waals surface area contributed by atoms with E-state index in [4.69, 9.17) is 0 Å². The largest absolute Gasteiger partial charge is 0.507 e. The summed E-state index contributed by atoms with van der Waals surface area (Å²) >= 11 is 0. The van der Waals surface area contributed by atoms with Gasteiger partial charge in [-0.15, -0.1) is 0 Å². The number of hydrogen-bond donors (Lipinski definition) is 1. The third-order valence-corrected chi connectivity index (χ3v) is 4.61. The van der Waals surface area contributed by atoms with E-state index in [1.807, 2.05) is 19.9 Å². The van der Waals surface area contributed by atoms with E-state index in [9.17, 15) is 14.7 Å². The van der Waals surface area contributed by atoms with E-state index in [0.717, 1.165) is 27.2 Å². The summed E-state index contributed by atoms with van der Waals surface area (Å²) in [5.41, 5.74) is 3.48. The number of carbonyl (C=O) groups is 2. The molecule has 1 N–H and O–H groups in total. The van der Waals surface area contributed by atoms with Gasteiger partial charge in [-0.3, -0.25) is 0 Å². The summed E-state index contributed by atoms with van der Waals surface area (Å²) in [5.74, 6) is 0.283. The molecule has 0 unspecified atom stereocenters. The third kappa shape index (κ3) is 3.05. The molecule has 24 heavy (non-hydrogen) atoms. The molecule has 1 aromatic carbocycles. The minimum Gasteiger partial charge on any atom is -0.507 e. The highest BCUT2D eigenvalue weighted by molar-refractivity contribution is 5.95. The van der Waals surface area contributed by atoms with Crippen LogP contribution < -0.4 is 0 Å². The van der Waals surface area contributed by atoms with Gasteiger partial charge in [-0.1, -0.05) is 26.8 Å². The van der Waals surface area contributed by atoms with E-state index >= 15 is 0 Å². The van der Waals surface area contributed by atoms with Crippen LogP contribution in [0.25, 0.3) is 0 Å². The summed E-state index contributed by atoms with van der Waals surface area (Å²) in [6.07, 6.45) is 0. The Kier molecular flexibility index (Phi) is 4.52. The van der Waals surface area contributed by atoms with Gasteiger partial charge in [0.1, 0.15) is 5.75 Å². The van der Waals surface area contributed by atoms with Gasteiger partial charge < -0.3 is 14.9 Å². The summed E-state index contributed by atoms with van der Waals surface area (Å²) in [6.45, 7) is 10.6. The fourth-order valence-corrected chi connectivity index (χ4v) is 3.06. The van der Waals surface area contributed by atoms with Gasteiger partial charge in [0.25, 0.3) is 0 Å². The first-order valence-electron chi connectivity index (χ1n) is 8.05. The molecule has 1 heterocycles. The van der Waals surface area contributed by atoms with Crippen LogP contribution >= 0.6 is 0 Å². The van der Waals surface area contributed by atoms with Crippen molar-refractivity contribution in [2.24, 2.45) is 0 Å². The maximum Gasteiger partial charge on any atom is 0.329 e. The average Bonchev–Trinajstić information content (AvgIpc) is 2.48. The molecular formula is C18H27N3O3. The van der Waals surface area contributed by atoms with Gasteiger partial charge in [-0.05, 0) is 41.5 Å². The van der Waals surface area contributed by atoms with Gasteiger partial charge >= 0.3 is 12.1 Å². The van der Waals surface area contributed by atoms with Gasteiger partial charge in [-0.2, -0.15) is 0 Å². The number of benzene rings is 1. The molecule has 6 nitrogen and oxygen atoms in total. The summed E-state index contributed by atoms with van der Waals surface area (Å²) in [4.78, 5) is 28.4. The van der Waals surface area contributed by atoms with Crippen LogP contribution in [0.5, 0.6) is 5.75 Å². The number of hydrogen-bond acceptors (Lipinski definition) is 3. The first-order chi connectivity index (χ1) is 10.9. The molecular weight excluding hydrogens is 306 g/mol. The van der Waals surface area contributed by atoms with Crippen molar-refractivity contribution in [1.82, 2.24) is 14.7 Å². The van der Waals surface area contributed by atoms with E-state index < -0.39 is 0 Å². The van der Waals surface area contributed by atoms with E-state index in [-0.39, 0.29) is 29.9 Å². The second-order valence-electron chi connectivity index (χ2n) is 7.60. The molecule has 1 fully saturated rings. The molecule has 1 saturated heterocycles. The Labute approximate surface area is 143 Å². The van der Waals surface area contributed by atoms with E-state index in [1.54, 1.807) is 11.9 Å². The molecule has 0 atom stereocenters. The monoisotopic (exact) mass is 333 g/mol. The molecule has 0 saturated carbocycles. The number of aromatic hydroxyl groups is 1. The Morgan fingerprint density at radius 3 is 2.25 bits per heavy atom. The van der Waals surface area contributed by atoms with E-state index in [0.29, 0.717) is 6.54 Å². The van der Waals surface area contributed by atoms with Crippen molar-refractivity contribution in [3.05, 3.63) is 28.3 Å². The molecule has 0 aliphatic carbocycles. The second kappa shape index (κ2) is 6.00. The van der Waals surface area contributed by atoms with Gasteiger partial charge in [0.15, 0.2) is 0 Å². The van der Waals surface area contributed by atoms with E-state index in [1.165, 1.54) is 11.9 Å². The Hall–Kier alpha value is -2.24. The Morgan fingerprint density at radius 2 is 1.71 bits per heavy atom. The van der Waals surface area contributed by atoms with Crippen molar-refractivity contribution in [2.75, 3.05) is 20.8 Å². The first kappa shape index (κ1) is 18.1. The van der Waals surface area contributed by atoms with Crippen molar-refractivity contribution in [1.29, 1.82) is 0 Å². The quantitative estimate of drug-likeness (QED) is 0.904. The van der Waals surface area contributed by atoms with Crippen molar-refractivity contribution < 1.29 is 14.7 Å². The molecule has 1 aliphatic rings. The minimum absolute atomic E-state index is 0.161. The molecule has 6 heteroatoms. The zero-order valence-corrected chi connectivity index (χ0v) is 15.6. The summed E-state index contributed by atoms with van der Waals surface area (Å²) in [5, 5.41) is 10.6. The minimum atomic E-state index is -0.323. The van der Waals surface area contributed by atoms with Crippen molar-refractivity contribution in [3.63, 3.8) is 0 Å². The van der Waals surface area contributed by atoms with E-state index in [2.05, 4.69) is 20.8 Å². The summed E-state index contributed by atoms with van der Waals surface area (Å²) in [7, 11) is 3.14. The lowest BCUT2D eigenvalue weighted by Gasteiger charge is -2.38. The normalized spacial score (nSPS) is 16.2. The Bertz CT molecular complexity index is 692. The molecule has 1 aliphatic heterocycles. The highest BCUT2D eigenvalue weighted by atomic mass is 16.3. The van der Waals surface area contributed by atoms with Crippen LogP contribution in [0, 0.1) is 13.8 Å². The molecule has 0 spiro atoms. The van der Waals surface area contributed by atoms with Crippen LogP contribution in [-0.2, 0) is 12.0 Å². The predicted octanol–water partition coefficient (Wildman–Crippen LogP) is 3.18. The lowest BCUT2D eigenvalue weighted by molar-refractivity contribution is 0.0926. The Balaban J connectivity index is 2.39. The van der Waals surface area contributed by atoms with Gasteiger partial charge in [0, 0.05) is 20.6 Å². The predicted molar refractivity (Wildman–Crippen MR) is 93.0 cm³/mol. The molecule has 0 aromatic heterocycles. The summed E-state index contributed by atoms with van der Waals surface area (Å²) in [6, 6.07) is 1.36. The zero-order chi connectivity index (χ0) is 18.4. The molecule has 132 valence electrons. The molecule has 4 amide bonds. The third-order valence-electron chi connectivity index (χ3n) is 4.61. The van der Waals surface area contributed by atoms with Crippen molar-refractivity contribution in [3.8, 4) is 5.75 Å². The fraction of sp³-hybridized carbons (Fsp3) is 0.556. The van der Waals surface area contributed by atoms with Crippen LogP contribution in [0.15, 0.2) is 6.07 Å². The van der Waals surface area contributed by atoms with Gasteiger partial charge in [0.05, 0.1) is 6.67 Å². The molecule has 2 rings (SSSR count). The zero-order valence-electron chi connectivity index (χ0n) is 15.6. The van der Waals surface area contributed by atoms with Crippen LogP contribution in [0.2, 0.25) is 0 Å². The number of imide groups is 1. The smallest absolute Gasteiger partial charge is 0.329 e. The topological polar surface area (TPSA) is 64.1 Å². The van der Waals surface area contributed by atoms with Crippen LogP contribution in [0.3, 0.4) is 0 Å². The molecule has 1 aromatic rings. The van der Waals surface area contributed by atoms with Crippen LogP contribution in [-0.4, -0.2) is 52.6 Å². The van der Waals surface area contributed by atoms with Crippen molar-refractivity contribution in [2.45, 2.75) is 46.6 Å².